The second kappa shape index (κ2) is 9.26. The number of nitrogens with one attached hydrogen (secondary N) is 1. The van der Waals surface area contributed by atoms with Gasteiger partial charge in [-0.1, -0.05) is 42.1 Å². The van der Waals surface area contributed by atoms with Crippen LogP contribution in [-0.4, -0.2) is 55.7 Å². The lowest BCUT2D eigenvalue weighted by Gasteiger charge is -2.49. The maximum Gasteiger partial charge on any atom is 0.352 e. The van der Waals surface area contributed by atoms with Crippen LogP contribution in [0, 0.1) is 13.8 Å². The molecule has 11 heteroatoms. The summed E-state index contributed by atoms with van der Waals surface area (Å²) in [5.41, 5.74) is 8.32. The third-order valence-corrected chi connectivity index (χ3v) is 9.01. The predicted molar refractivity (Wildman–Crippen MR) is 125 cm³/mol. The van der Waals surface area contributed by atoms with E-state index in [1.165, 1.54) is 28.4 Å². The summed E-state index contributed by atoms with van der Waals surface area (Å²) in [7, 11) is 0. The van der Waals surface area contributed by atoms with Crippen LogP contribution < -0.4 is 11.1 Å². The maximum atomic E-state index is 12.8. The molecule has 3 atom stereocenters. The number of carboxylic acid groups (broad SMARTS) is 1. The van der Waals surface area contributed by atoms with Gasteiger partial charge in [0.15, 0.2) is 4.34 Å². The van der Waals surface area contributed by atoms with Gasteiger partial charge in [0.2, 0.25) is 5.91 Å². The highest BCUT2D eigenvalue weighted by molar-refractivity contribution is 8.01. The third-order valence-electron chi connectivity index (χ3n) is 5.37. The number of amides is 2. The Balaban J connectivity index is 1.46. The van der Waals surface area contributed by atoms with Crippen LogP contribution in [-0.2, 0) is 14.4 Å². The second-order valence-corrected chi connectivity index (χ2v) is 11.0. The van der Waals surface area contributed by atoms with Crippen LogP contribution in [0.25, 0.3) is 0 Å². The summed E-state index contributed by atoms with van der Waals surface area (Å²) in [6.07, 6.45) is 0. The molecule has 2 aliphatic heterocycles. The van der Waals surface area contributed by atoms with E-state index >= 15 is 0 Å². The molecule has 1 fully saturated rings. The van der Waals surface area contributed by atoms with Crippen LogP contribution in [0.1, 0.15) is 22.2 Å². The first-order chi connectivity index (χ1) is 15.3. The number of aromatic nitrogens is 1. The lowest BCUT2D eigenvalue weighted by molar-refractivity contribution is -0.150. The highest BCUT2D eigenvalue weighted by Gasteiger charge is 2.54. The van der Waals surface area contributed by atoms with Crippen LogP contribution in [0.5, 0.6) is 0 Å². The fourth-order valence-electron chi connectivity index (χ4n) is 3.50. The number of aryl methyl sites for hydroxylation is 2. The van der Waals surface area contributed by atoms with E-state index in [0.717, 1.165) is 14.9 Å². The molecule has 2 amide bonds. The highest BCUT2D eigenvalue weighted by atomic mass is 32.2. The molecule has 168 valence electrons. The minimum atomic E-state index is -1.14. The van der Waals surface area contributed by atoms with Crippen molar-refractivity contribution in [1.29, 1.82) is 0 Å². The molecule has 0 spiro atoms. The van der Waals surface area contributed by atoms with Crippen LogP contribution >= 0.6 is 34.9 Å². The van der Waals surface area contributed by atoms with E-state index in [2.05, 4.69) is 10.3 Å². The van der Waals surface area contributed by atoms with E-state index in [9.17, 15) is 19.5 Å². The van der Waals surface area contributed by atoms with E-state index in [1.807, 2.05) is 19.9 Å². The Labute approximate surface area is 197 Å². The lowest BCUT2D eigenvalue weighted by atomic mass is 10.0. The van der Waals surface area contributed by atoms with Gasteiger partial charge in [0.1, 0.15) is 23.2 Å². The molecule has 4 rings (SSSR count). The van der Waals surface area contributed by atoms with Crippen LogP contribution in [0.2, 0.25) is 0 Å². The molecule has 0 aliphatic carbocycles. The average Bonchev–Trinajstić information content (AvgIpc) is 3.12. The van der Waals surface area contributed by atoms with Gasteiger partial charge >= 0.3 is 5.97 Å². The monoisotopic (exact) mass is 490 g/mol. The van der Waals surface area contributed by atoms with Crippen LogP contribution in [0.4, 0.5) is 0 Å². The van der Waals surface area contributed by atoms with Crippen molar-refractivity contribution in [3.8, 4) is 0 Å². The van der Waals surface area contributed by atoms with E-state index in [1.54, 1.807) is 35.6 Å². The Morgan fingerprint density at radius 1 is 1.34 bits per heavy atom. The van der Waals surface area contributed by atoms with Crippen molar-refractivity contribution >= 4 is 52.6 Å². The molecule has 1 saturated heterocycles. The molecular formula is C21H22N4O4S3. The summed E-state index contributed by atoms with van der Waals surface area (Å²) in [5.74, 6) is -1.14. The number of nitrogens with zero attached hydrogens (tertiary/aromatic N) is 2. The Morgan fingerprint density at radius 3 is 2.69 bits per heavy atom. The number of rotatable bonds is 7. The van der Waals surface area contributed by atoms with Crippen molar-refractivity contribution < 1.29 is 19.5 Å². The van der Waals surface area contributed by atoms with Crippen LogP contribution in [0.3, 0.4) is 0 Å². The van der Waals surface area contributed by atoms with Gasteiger partial charge in [0, 0.05) is 16.4 Å². The van der Waals surface area contributed by atoms with Crippen molar-refractivity contribution in [3.63, 3.8) is 0 Å². The number of benzene rings is 1. The quantitative estimate of drug-likeness (QED) is 0.399. The topological polar surface area (TPSA) is 126 Å². The number of carboxylic acids is 1. The van der Waals surface area contributed by atoms with Gasteiger partial charge in [0.05, 0.1) is 5.69 Å². The first kappa shape index (κ1) is 22.8. The Morgan fingerprint density at radius 2 is 2.06 bits per heavy atom. The molecule has 0 saturated carbocycles. The summed E-state index contributed by atoms with van der Waals surface area (Å²) >= 11 is 4.49. The van der Waals surface area contributed by atoms with Crippen LogP contribution in [0.15, 0.2) is 45.9 Å². The number of thioether (sulfide) groups is 2. The van der Waals surface area contributed by atoms with Gasteiger partial charge in [0.25, 0.3) is 5.91 Å². The minimum Gasteiger partial charge on any atom is -0.477 e. The van der Waals surface area contributed by atoms with Gasteiger partial charge in [-0.25, -0.2) is 9.78 Å². The normalized spacial score (nSPS) is 21.1. The molecule has 2 aromatic rings. The van der Waals surface area contributed by atoms with Crippen molar-refractivity contribution in [3.05, 3.63) is 57.7 Å². The van der Waals surface area contributed by atoms with Gasteiger partial charge in [-0.3, -0.25) is 14.5 Å². The number of carbonyl (C=O) groups excluding carboxylic acids is 2. The first-order valence-electron chi connectivity index (χ1n) is 9.85. The number of hydrogen-bond donors (Lipinski definition) is 3. The smallest absolute Gasteiger partial charge is 0.352 e. The van der Waals surface area contributed by atoms with Gasteiger partial charge in [-0.2, -0.15) is 0 Å². The van der Waals surface area contributed by atoms with Crippen molar-refractivity contribution in [2.24, 2.45) is 5.73 Å². The zero-order valence-corrected chi connectivity index (χ0v) is 19.9. The fraction of sp³-hybridized carbons (Fsp3) is 0.333. The molecule has 1 aromatic carbocycles. The average molecular weight is 491 g/mol. The number of fused-ring (bicyclic) bond motifs is 1. The molecule has 2 unspecified atom stereocenters. The predicted octanol–water partition coefficient (Wildman–Crippen LogP) is 2.29. The molecular weight excluding hydrogens is 468 g/mol. The molecule has 0 bridgehead atoms. The number of hydrogen-bond acceptors (Lipinski definition) is 8. The molecule has 1 aromatic heterocycles. The zero-order chi connectivity index (χ0) is 23.0. The number of nitrogens with two attached hydrogens (primary N) is 1. The van der Waals surface area contributed by atoms with Crippen molar-refractivity contribution in [2.75, 3.05) is 11.5 Å². The molecule has 3 heterocycles. The number of β-lactam (4-membered cyclic amide) rings is 1. The first-order valence-corrected chi connectivity index (χ1v) is 12.7. The number of aliphatic carboxylic acids is 1. The SMILES string of the molecule is Cc1nc(SCC2=C(C(=O)O)N3C(=O)C(NC(=O)C(N)c4ccccc4)[C@@H]3SC2)sc1C. The van der Waals surface area contributed by atoms with Crippen molar-refractivity contribution in [1.82, 2.24) is 15.2 Å². The second-order valence-electron chi connectivity index (χ2n) is 7.45. The summed E-state index contributed by atoms with van der Waals surface area (Å²) < 4.78 is 0.874. The Kier molecular flexibility index (Phi) is 6.61. The fourth-order valence-corrected chi connectivity index (χ4v) is 7.14. The largest absolute Gasteiger partial charge is 0.477 e. The third kappa shape index (κ3) is 4.29. The van der Waals surface area contributed by atoms with E-state index in [0.29, 0.717) is 22.6 Å². The van der Waals surface area contributed by atoms with Gasteiger partial charge < -0.3 is 16.2 Å². The molecule has 8 nitrogen and oxygen atoms in total. The van der Waals surface area contributed by atoms with Gasteiger partial charge in [-0.15, -0.1) is 23.1 Å². The summed E-state index contributed by atoms with van der Waals surface area (Å²) in [6, 6.07) is 7.19. The zero-order valence-electron chi connectivity index (χ0n) is 17.4. The number of thiazole rings is 1. The van der Waals surface area contributed by atoms with E-state index < -0.39 is 35.2 Å². The molecule has 2 aliphatic rings. The number of carbonyl (C=O) groups is 3. The standard InChI is InChI=1S/C21H22N4O4S3/c1-10-11(2)32-21(23-10)31-9-13-8-30-19-15(18(27)25(19)16(13)20(28)29)24-17(26)14(22)12-6-4-3-5-7-12/h3-7,14-15,19H,8-9,22H2,1-2H3,(H,24,26)(H,28,29)/t14?,15?,19-/m0/s1. The Hall–Kier alpha value is -2.34. The van der Waals surface area contributed by atoms with Crippen molar-refractivity contribution in [2.45, 2.75) is 35.6 Å². The summed E-state index contributed by atoms with van der Waals surface area (Å²) in [5, 5.41) is 12.0. The maximum absolute atomic E-state index is 12.8. The molecule has 4 N–H and O–H groups in total. The van der Waals surface area contributed by atoms with E-state index in [-0.39, 0.29) is 5.70 Å². The summed E-state index contributed by atoms with van der Waals surface area (Å²) in [6.45, 7) is 3.94. The minimum absolute atomic E-state index is 0.00843. The lowest BCUT2D eigenvalue weighted by Crippen LogP contribution is -2.71. The Bertz CT molecular complexity index is 1080. The highest BCUT2D eigenvalue weighted by Crippen LogP contribution is 2.42. The molecule has 0 radical (unpaired) electrons. The molecule has 32 heavy (non-hydrogen) atoms. The summed E-state index contributed by atoms with van der Waals surface area (Å²) in [4.78, 5) is 44.3. The van der Waals surface area contributed by atoms with E-state index in [4.69, 9.17) is 5.73 Å². The van der Waals surface area contributed by atoms with Gasteiger partial charge in [-0.05, 0) is 25.0 Å².